The maximum atomic E-state index is 13.0. The molecule has 0 bridgehead atoms. The van der Waals surface area contributed by atoms with Gasteiger partial charge in [0.25, 0.3) is 0 Å². The Kier molecular flexibility index (Phi) is 4.93. The fraction of sp³-hybridized carbons (Fsp3) is 0.333. The lowest BCUT2D eigenvalue weighted by molar-refractivity contribution is 0.158. The Labute approximate surface area is 100.0 Å². The molecule has 0 aliphatic rings. The van der Waals surface area contributed by atoms with Crippen molar-refractivity contribution in [3.63, 3.8) is 0 Å². The molecule has 1 rings (SSSR count). The van der Waals surface area contributed by atoms with Crippen molar-refractivity contribution >= 4 is 11.6 Å². The molecule has 0 saturated heterocycles. The predicted octanol–water partition coefficient (Wildman–Crippen LogP) is 2.54. The first-order chi connectivity index (χ1) is 7.54. The highest BCUT2D eigenvalue weighted by molar-refractivity contribution is 6.29. The summed E-state index contributed by atoms with van der Waals surface area (Å²) < 4.78 is 13.0. The summed E-state index contributed by atoms with van der Waals surface area (Å²) in [5, 5.41) is 9.80. The monoisotopic (exact) mass is 243 g/mol. The maximum Gasteiger partial charge on any atom is 0.123 e. The lowest BCUT2D eigenvalue weighted by Gasteiger charge is -2.26. The topological polar surface area (TPSA) is 23.5 Å². The Bertz CT molecular complexity index is 370. The highest BCUT2D eigenvalue weighted by Gasteiger charge is 2.16. The number of benzene rings is 1. The summed E-state index contributed by atoms with van der Waals surface area (Å²) >= 11 is 5.70. The molecule has 16 heavy (non-hydrogen) atoms. The highest BCUT2D eigenvalue weighted by atomic mass is 35.5. The van der Waals surface area contributed by atoms with Crippen LogP contribution in [0.25, 0.3) is 0 Å². The number of hydrogen-bond donors (Lipinski definition) is 1. The van der Waals surface area contributed by atoms with Crippen LogP contribution >= 0.6 is 11.6 Å². The number of likely N-dealkylation sites (N-methyl/N-ethyl adjacent to an activating group) is 1. The van der Waals surface area contributed by atoms with E-state index in [-0.39, 0.29) is 18.5 Å². The SMILES string of the molecule is C=C(Cl)CN(C)[C@@H](CO)c1cccc(F)c1. The molecule has 0 heterocycles. The van der Waals surface area contributed by atoms with E-state index in [0.717, 1.165) is 5.56 Å². The highest BCUT2D eigenvalue weighted by Crippen LogP contribution is 2.20. The lowest BCUT2D eigenvalue weighted by Crippen LogP contribution is -2.28. The molecule has 1 atom stereocenters. The zero-order valence-electron chi connectivity index (χ0n) is 9.16. The molecule has 4 heteroatoms. The Morgan fingerprint density at radius 3 is 2.81 bits per heavy atom. The van der Waals surface area contributed by atoms with Crippen molar-refractivity contribution in [3.05, 3.63) is 47.3 Å². The van der Waals surface area contributed by atoms with Crippen LogP contribution in [0.1, 0.15) is 11.6 Å². The maximum absolute atomic E-state index is 13.0. The van der Waals surface area contributed by atoms with E-state index in [1.807, 2.05) is 4.90 Å². The minimum absolute atomic E-state index is 0.0931. The predicted molar refractivity (Wildman–Crippen MR) is 63.8 cm³/mol. The van der Waals surface area contributed by atoms with Crippen LogP contribution in [-0.2, 0) is 0 Å². The number of aliphatic hydroxyl groups is 1. The molecule has 0 unspecified atom stereocenters. The second kappa shape index (κ2) is 5.99. The molecule has 0 saturated carbocycles. The molecule has 0 fully saturated rings. The van der Waals surface area contributed by atoms with Gasteiger partial charge in [-0.15, -0.1) is 0 Å². The fourth-order valence-corrected chi connectivity index (χ4v) is 1.78. The molecule has 0 amide bonds. The summed E-state index contributed by atoms with van der Waals surface area (Å²) in [6.45, 7) is 3.95. The van der Waals surface area contributed by atoms with Crippen molar-refractivity contribution in [2.75, 3.05) is 20.2 Å². The summed E-state index contributed by atoms with van der Waals surface area (Å²) in [5.41, 5.74) is 0.725. The first-order valence-electron chi connectivity index (χ1n) is 4.94. The number of nitrogens with zero attached hydrogens (tertiary/aromatic N) is 1. The molecule has 0 aromatic heterocycles. The van der Waals surface area contributed by atoms with Gasteiger partial charge in [0.2, 0.25) is 0 Å². The standard InChI is InChI=1S/C12H15ClFNO/c1-9(13)7-15(2)12(8-16)10-4-3-5-11(14)6-10/h3-6,12,16H,1,7-8H2,2H3/t12-/m0/s1. The van der Waals surface area contributed by atoms with Gasteiger partial charge in [-0.05, 0) is 24.7 Å². The van der Waals surface area contributed by atoms with Crippen molar-refractivity contribution in [2.24, 2.45) is 0 Å². The summed E-state index contributed by atoms with van der Waals surface area (Å²) in [5.74, 6) is -0.311. The minimum Gasteiger partial charge on any atom is -0.394 e. The van der Waals surface area contributed by atoms with E-state index in [1.165, 1.54) is 12.1 Å². The number of rotatable bonds is 5. The average molecular weight is 244 g/mol. The van der Waals surface area contributed by atoms with Crippen LogP contribution in [0.3, 0.4) is 0 Å². The van der Waals surface area contributed by atoms with E-state index < -0.39 is 0 Å². The summed E-state index contributed by atoms with van der Waals surface area (Å²) in [6, 6.07) is 5.91. The van der Waals surface area contributed by atoms with Crippen molar-refractivity contribution in [2.45, 2.75) is 6.04 Å². The van der Waals surface area contributed by atoms with Gasteiger partial charge in [-0.3, -0.25) is 4.90 Å². The van der Waals surface area contributed by atoms with E-state index in [2.05, 4.69) is 6.58 Å². The molecular formula is C12H15ClFNO. The number of hydrogen-bond acceptors (Lipinski definition) is 2. The average Bonchev–Trinajstić information content (AvgIpc) is 2.17. The first-order valence-corrected chi connectivity index (χ1v) is 5.32. The van der Waals surface area contributed by atoms with Crippen LogP contribution in [0.4, 0.5) is 4.39 Å². The Hall–Kier alpha value is -0.900. The van der Waals surface area contributed by atoms with Gasteiger partial charge in [0.15, 0.2) is 0 Å². The zero-order chi connectivity index (χ0) is 12.1. The van der Waals surface area contributed by atoms with Crippen LogP contribution in [0.15, 0.2) is 35.9 Å². The van der Waals surface area contributed by atoms with Gasteiger partial charge in [0, 0.05) is 11.6 Å². The van der Waals surface area contributed by atoms with Crippen molar-refractivity contribution in [3.8, 4) is 0 Å². The van der Waals surface area contributed by atoms with Crippen LogP contribution in [0, 0.1) is 5.82 Å². The quantitative estimate of drug-likeness (QED) is 0.859. The molecular weight excluding hydrogens is 229 g/mol. The van der Waals surface area contributed by atoms with Gasteiger partial charge in [-0.1, -0.05) is 30.3 Å². The van der Waals surface area contributed by atoms with E-state index in [9.17, 15) is 9.50 Å². The Morgan fingerprint density at radius 2 is 2.31 bits per heavy atom. The molecule has 0 radical (unpaired) electrons. The smallest absolute Gasteiger partial charge is 0.123 e. The van der Waals surface area contributed by atoms with Crippen LogP contribution < -0.4 is 0 Å². The van der Waals surface area contributed by atoms with Crippen LogP contribution in [-0.4, -0.2) is 30.2 Å². The van der Waals surface area contributed by atoms with Crippen LogP contribution in [0.2, 0.25) is 0 Å². The van der Waals surface area contributed by atoms with E-state index in [4.69, 9.17) is 11.6 Å². The van der Waals surface area contributed by atoms with Crippen molar-refractivity contribution < 1.29 is 9.50 Å². The van der Waals surface area contributed by atoms with Gasteiger partial charge >= 0.3 is 0 Å². The van der Waals surface area contributed by atoms with Gasteiger partial charge in [-0.25, -0.2) is 4.39 Å². The molecule has 88 valence electrons. The Balaban J connectivity index is 2.85. The third-order valence-electron chi connectivity index (χ3n) is 2.36. The van der Waals surface area contributed by atoms with Gasteiger partial charge in [0.1, 0.15) is 5.82 Å². The molecule has 0 aliphatic heterocycles. The zero-order valence-corrected chi connectivity index (χ0v) is 9.91. The molecule has 1 aromatic rings. The van der Waals surface area contributed by atoms with E-state index >= 15 is 0 Å². The minimum atomic E-state index is -0.311. The normalized spacial score (nSPS) is 12.8. The summed E-state index contributed by atoms with van der Waals surface area (Å²) in [7, 11) is 1.80. The number of halogens is 2. The molecule has 2 nitrogen and oxygen atoms in total. The molecule has 1 aromatic carbocycles. The Morgan fingerprint density at radius 1 is 1.62 bits per heavy atom. The fourth-order valence-electron chi connectivity index (χ4n) is 1.59. The van der Waals surface area contributed by atoms with Gasteiger partial charge in [0.05, 0.1) is 12.6 Å². The molecule has 1 N–H and O–H groups in total. The lowest BCUT2D eigenvalue weighted by atomic mass is 10.1. The third-order valence-corrected chi connectivity index (χ3v) is 2.48. The van der Waals surface area contributed by atoms with E-state index in [0.29, 0.717) is 11.6 Å². The summed E-state index contributed by atoms with van der Waals surface area (Å²) in [6.07, 6.45) is 0. The van der Waals surface area contributed by atoms with E-state index in [1.54, 1.807) is 19.2 Å². The van der Waals surface area contributed by atoms with Crippen molar-refractivity contribution in [1.82, 2.24) is 4.90 Å². The van der Waals surface area contributed by atoms with Crippen LogP contribution in [0.5, 0.6) is 0 Å². The first kappa shape index (κ1) is 13.2. The molecule has 0 spiro atoms. The second-order valence-corrected chi connectivity index (χ2v) is 4.22. The van der Waals surface area contributed by atoms with Crippen molar-refractivity contribution in [1.29, 1.82) is 0 Å². The largest absolute Gasteiger partial charge is 0.394 e. The van der Waals surface area contributed by atoms with Gasteiger partial charge < -0.3 is 5.11 Å². The number of aliphatic hydroxyl groups excluding tert-OH is 1. The second-order valence-electron chi connectivity index (χ2n) is 3.69. The summed E-state index contributed by atoms with van der Waals surface area (Å²) in [4.78, 5) is 1.82. The molecule has 0 aliphatic carbocycles. The van der Waals surface area contributed by atoms with Gasteiger partial charge in [-0.2, -0.15) is 0 Å². The third kappa shape index (κ3) is 3.59.